The number of carbonyl (C=O) groups is 1. The van der Waals surface area contributed by atoms with Crippen molar-refractivity contribution >= 4 is 17.7 Å². The van der Waals surface area contributed by atoms with Crippen LogP contribution >= 0.6 is 0 Å². The fourth-order valence-corrected chi connectivity index (χ4v) is 4.38. The summed E-state index contributed by atoms with van der Waals surface area (Å²) < 4.78 is 5.44. The molecular formula is C28H36N6O2. The summed E-state index contributed by atoms with van der Waals surface area (Å²) in [6, 6.07) is 12.0. The zero-order chi connectivity index (χ0) is 25.2. The maximum Gasteiger partial charge on any atom is 0.256 e. The third kappa shape index (κ3) is 6.71. The first-order valence-electron chi connectivity index (χ1n) is 12.9. The molecule has 1 aliphatic carbocycles. The molecule has 1 aliphatic rings. The van der Waals surface area contributed by atoms with Crippen molar-refractivity contribution in [2.24, 2.45) is 0 Å². The molecule has 8 nitrogen and oxygen atoms in total. The molecule has 1 aromatic carbocycles. The predicted molar refractivity (Wildman–Crippen MR) is 143 cm³/mol. The molecular weight excluding hydrogens is 452 g/mol. The number of pyridine rings is 1. The van der Waals surface area contributed by atoms with Crippen LogP contribution in [0.15, 0.2) is 48.8 Å². The van der Waals surface area contributed by atoms with E-state index in [-0.39, 0.29) is 5.91 Å². The number of methoxy groups -OCH3 is 1. The predicted octanol–water partition coefficient (Wildman–Crippen LogP) is 5.43. The topological polar surface area (TPSA) is 101 Å². The van der Waals surface area contributed by atoms with Gasteiger partial charge >= 0.3 is 0 Å². The number of benzene rings is 1. The molecule has 0 saturated heterocycles. The maximum absolute atomic E-state index is 13.1. The van der Waals surface area contributed by atoms with Gasteiger partial charge in [-0.05, 0) is 43.0 Å². The lowest BCUT2D eigenvalue weighted by molar-refractivity contribution is 0.0951. The first-order valence-corrected chi connectivity index (χ1v) is 12.9. The van der Waals surface area contributed by atoms with Gasteiger partial charge in [0.2, 0.25) is 5.95 Å². The second-order valence-electron chi connectivity index (χ2n) is 9.15. The van der Waals surface area contributed by atoms with E-state index in [1.54, 1.807) is 19.5 Å². The number of hydrogen-bond acceptors (Lipinski definition) is 7. The number of hydrogen-bond donors (Lipinski definition) is 3. The van der Waals surface area contributed by atoms with Gasteiger partial charge in [-0.25, -0.2) is 4.98 Å². The van der Waals surface area contributed by atoms with E-state index < -0.39 is 0 Å². The Kier molecular flexibility index (Phi) is 9.08. The van der Waals surface area contributed by atoms with Crippen LogP contribution in [0.25, 0.3) is 11.3 Å². The Bertz CT molecular complexity index is 1130. The van der Waals surface area contributed by atoms with Crippen LogP contribution in [0.3, 0.4) is 0 Å². The normalized spacial score (nSPS) is 13.7. The number of carbonyl (C=O) groups excluding carboxylic acids is 1. The highest BCUT2D eigenvalue weighted by atomic mass is 16.5. The van der Waals surface area contributed by atoms with Crippen LogP contribution in [-0.4, -0.2) is 40.6 Å². The van der Waals surface area contributed by atoms with Crippen molar-refractivity contribution < 1.29 is 9.53 Å². The first-order chi connectivity index (χ1) is 17.7. The molecule has 0 atom stereocenters. The van der Waals surface area contributed by atoms with Gasteiger partial charge in [-0.15, -0.1) is 0 Å². The summed E-state index contributed by atoms with van der Waals surface area (Å²) in [6.07, 6.45) is 11.4. The summed E-state index contributed by atoms with van der Waals surface area (Å²) in [4.78, 5) is 26.8. The van der Waals surface area contributed by atoms with Crippen molar-refractivity contribution in [2.75, 3.05) is 24.3 Å². The zero-order valence-electron chi connectivity index (χ0n) is 21.2. The van der Waals surface area contributed by atoms with Crippen LogP contribution in [0, 0.1) is 0 Å². The van der Waals surface area contributed by atoms with Crippen LogP contribution in [0.4, 0.5) is 11.8 Å². The van der Waals surface area contributed by atoms with Crippen molar-refractivity contribution in [3.8, 4) is 17.0 Å². The summed E-state index contributed by atoms with van der Waals surface area (Å²) >= 11 is 0. The number of rotatable bonds is 11. The number of nitrogens with zero attached hydrogens (tertiary/aromatic N) is 3. The number of aromatic nitrogens is 3. The van der Waals surface area contributed by atoms with Gasteiger partial charge in [0.15, 0.2) is 0 Å². The number of ether oxygens (including phenoxy) is 1. The van der Waals surface area contributed by atoms with E-state index in [4.69, 9.17) is 4.74 Å². The summed E-state index contributed by atoms with van der Waals surface area (Å²) in [5.41, 5.74) is 3.11. The molecule has 0 spiro atoms. The van der Waals surface area contributed by atoms with Gasteiger partial charge in [0.1, 0.15) is 17.1 Å². The van der Waals surface area contributed by atoms with Gasteiger partial charge in [0.25, 0.3) is 5.91 Å². The van der Waals surface area contributed by atoms with Crippen molar-refractivity contribution in [3.05, 3.63) is 59.9 Å². The number of unbranched alkanes of at least 4 members (excludes halogenated alkanes) is 1. The average molecular weight is 489 g/mol. The SMILES string of the molecule is CCCCNc1ncc(C(=O)NCc2ccc(-c3ccccc3OC)nc2)c(NC2CCCCC2)n1. The molecule has 4 rings (SSSR count). The van der Waals surface area contributed by atoms with E-state index in [1.807, 2.05) is 36.4 Å². The molecule has 1 fully saturated rings. The zero-order valence-corrected chi connectivity index (χ0v) is 21.2. The highest BCUT2D eigenvalue weighted by Gasteiger charge is 2.20. The number of nitrogens with one attached hydrogen (secondary N) is 3. The molecule has 36 heavy (non-hydrogen) atoms. The third-order valence-corrected chi connectivity index (χ3v) is 6.45. The molecule has 3 aromatic rings. The van der Waals surface area contributed by atoms with Gasteiger partial charge in [-0.3, -0.25) is 9.78 Å². The molecule has 8 heteroatoms. The summed E-state index contributed by atoms with van der Waals surface area (Å²) in [5.74, 6) is 1.71. The van der Waals surface area contributed by atoms with Gasteiger partial charge in [0, 0.05) is 37.1 Å². The van der Waals surface area contributed by atoms with Crippen LogP contribution in [0.2, 0.25) is 0 Å². The molecule has 2 heterocycles. The molecule has 1 saturated carbocycles. The lowest BCUT2D eigenvalue weighted by Gasteiger charge is -2.24. The Morgan fingerprint density at radius 2 is 1.89 bits per heavy atom. The molecule has 0 bridgehead atoms. The highest BCUT2D eigenvalue weighted by molar-refractivity contribution is 5.98. The van der Waals surface area contributed by atoms with Crippen molar-refractivity contribution in [2.45, 2.75) is 64.5 Å². The lowest BCUT2D eigenvalue weighted by atomic mass is 9.95. The molecule has 2 aromatic heterocycles. The molecule has 1 amide bonds. The van der Waals surface area contributed by atoms with Crippen molar-refractivity contribution in [1.29, 1.82) is 0 Å². The fraction of sp³-hybridized carbons (Fsp3) is 0.429. The Morgan fingerprint density at radius 3 is 2.64 bits per heavy atom. The van der Waals surface area contributed by atoms with E-state index >= 15 is 0 Å². The largest absolute Gasteiger partial charge is 0.496 e. The fourth-order valence-electron chi connectivity index (χ4n) is 4.38. The molecule has 0 unspecified atom stereocenters. The molecule has 0 aliphatic heterocycles. The van der Waals surface area contributed by atoms with E-state index in [0.717, 1.165) is 54.8 Å². The summed E-state index contributed by atoms with van der Waals surface area (Å²) in [6.45, 7) is 3.31. The lowest BCUT2D eigenvalue weighted by Crippen LogP contribution is -2.28. The van der Waals surface area contributed by atoms with Gasteiger partial charge in [0.05, 0.1) is 12.8 Å². The average Bonchev–Trinajstić information content (AvgIpc) is 2.93. The number of amides is 1. The van der Waals surface area contributed by atoms with Crippen LogP contribution in [0.1, 0.15) is 67.8 Å². The second kappa shape index (κ2) is 12.9. The second-order valence-corrected chi connectivity index (χ2v) is 9.15. The Balaban J connectivity index is 1.44. The maximum atomic E-state index is 13.1. The van der Waals surface area contributed by atoms with E-state index in [1.165, 1.54) is 19.3 Å². The smallest absolute Gasteiger partial charge is 0.256 e. The third-order valence-electron chi connectivity index (χ3n) is 6.45. The first kappa shape index (κ1) is 25.4. The van der Waals surface area contributed by atoms with Crippen molar-refractivity contribution in [1.82, 2.24) is 20.3 Å². The summed E-state index contributed by atoms with van der Waals surface area (Å²) in [7, 11) is 1.65. The quantitative estimate of drug-likeness (QED) is 0.309. The minimum atomic E-state index is -0.206. The van der Waals surface area contributed by atoms with Crippen LogP contribution < -0.4 is 20.7 Å². The summed E-state index contributed by atoms with van der Waals surface area (Å²) in [5, 5.41) is 9.79. The van der Waals surface area contributed by atoms with Gasteiger partial charge < -0.3 is 20.7 Å². The monoisotopic (exact) mass is 488 g/mol. The van der Waals surface area contributed by atoms with Crippen LogP contribution in [0.5, 0.6) is 5.75 Å². The standard InChI is InChI=1S/C28H36N6O2/c1-3-4-16-29-28-32-19-23(26(34-28)33-21-10-6-5-7-11-21)27(35)31-18-20-14-15-24(30-17-20)22-12-8-9-13-25(22)36-2/h8-9,12-15,17,19,21H,3-7,10-11,16,18H2,1-2H3,(H,31,35)(H2,29,32,33,34). The molecule has 190 valence electrons. The van der Waals surface area contributed by atoms with E-state index in [2.05, 4.69) is 37.8 Å². The number of anilines is 2. The Labute approximate surface area is 213 Å². The van der Waals surface area contributed by atoms with Crippen LogP contribution in [-0.2, 0) is 6.54 Å². The highest BCUT2D eigenvalue weighted by Crippen LogP contribution is 2.28. The van der Waals surface area contributed by atoms with Crippen molar-refractivity contribution in [3.63, 3.8) is 0 Å². The van der Waals surface area contributed by atoms with Gasteiger partial charge in [-0.1, -0.05) is 50.8 Å². The molecule has 3 N–H and O–H groups in total. The van der Waals surface area contributed by atoms with E-state index in [9.17, 15) is 4.79 Å². The number of para-hydroxylation sites is 1. The van der Waals surface area contributed by atoms with E-state index in [0.29, 0.717) is 29.9 Å². The minimum Gasteiger partial charge on any atom is -0.496 e. The Hall–Kier alpha value is -3.68. The minimum absolute atomic E-state index is 0.206. The Morgan fingerprint density at radius 1 is 1.06 bits per heavy atom. The van der Waals surface area contributed by atoms with Gasteiger partial charge in [-0.2, -0.15) is 4.98 Å². The molecule has 0 radical (unpaired) electrons.